The number of allylic oxidation sites excluding steroid dienone is 1. The number of benzene rings is 1. The Hall–Kier alpha value is -1.13. The number of aliphatic hydroxyl groups is 1. The van der Waals surface area contributed by atoms with Gasteiger partial charge in [-0.2, -0.15) is 0 Å². The Kier molecular flexibility index (Phi) is 5.93. The number of hydrogen-bond donors (Lipinski definition) is 1. The highest BCUT2D eigenvalue weighted by molar-refractivity contribution is 7.91. The van der Waals surface area contributed by atoms with E-state index in [0.717, 1.165) is 56.1 Å². The van der Waals surface area contributed by atoms with Crippen LogP contribution in [0.5, 0.6) is 0 Å². The third-order valence-corrected chi connectivity index (χ3v) is 8.39. The van der Waals surface area contributed by atoms with Gasteiger partial charge < -0.3 is 5.11 Å². The first-order valence-electron chi connectivity index (χ1n) is 10.2. The van der Waals surface area contributed by atoms with Crippen LogP contribution in [-0.4, -0.2) is 25.4 Å². The minimum atomic E-state index is -3.43. The molecule has 3 rings (SSSR count). The average Bonchev–Trinajstić information content (AvgIpc) is 2.73. The second-order valence-corrected chi connectivity index (χ2v) is 10.0. The van der Waals surface area contributed by atoms with Crippen LogP contribution in [0.25, 0.3) is 5.57 Å². The van der Waals surface area contributed by atoms with Crippen molar-refractivity contribution < 1.29 is 13.5 Å². The fraction of sp³-hybridized carbons (Fsp3) is 0.636. The maximum absolute atomic E-state index is 13.3. The smallest absolute Gasteiger partial charge is 0.179 e. The molecule has 26 heavy (non-hydrogen) atoms. The first-order valence-corrected chi connectivity index (χ1v) is 11.8. The summed E-state index contributed by atoms with van der Waals surface area (Å²) >= 11 is 0. The predicted octanol–water partition coefficient (Wildman–Crippen LogP) is 5.14. The number of fused-ring (bicyclic) bond motifs is 1. The highest BCUT2D eigenvalue weighted by Gasteiger charge is 2.46. The fourth-order valence-electron chi connectivity index (χ4n) is 4.79. The normalized spacial score (nSPS) is 28.5. The Balaban J connectivity index is 2.25. The second-order valence-electron chi connectivity index (χ2n) is 8.06. The molecule has 1 aliphatic carbocycles. The molecule has 1 N–H and O–H groups in total. The minimum Gasteiger partial charge on any atom is -0.388 e. The van der Waals surface area contributed by atoms with Crippen LogP contribution < -0.4 is 0 Å². The lowest BCUT2D eigenvalue weighted by atomic mass is 9.71. The molecule has 1 aromatic carbocycles. The monoisotopic (exact) mass is 376 g/mol. The van der Waals surface area contributed by atoms with Crippen molar-refractivity contribution >= 4 is 15.4 Å². The number of sulfone groups is 1. The van der Waals surface area contributed by atoms with Gasteiger partial charge in [-0.05, 0) is 55.7 Å². The van der Waals surface area contributed by atoms with Crippen LogP contribution in [-0.2, 0) is 9.84 Å². The van der Waals surface area contributed by atoms with Crippen molar-refractivity contribution in [3.8, 4) is 0 Å². The molecule has 144 valence electrons. The molecule has 1 aromatic rings. The van der Waals surface area contributed by atoms with Gasteiger partial charge in [0.2, 0.25) is 0 Å². The van der Waals surface area contributed by atoms with E-state index in [1.807, 2.05) is 19.1 Å². The summed E-state index contributed by atoms with van der Waals surface area (Å²) in [6, 6.07) is 7.33. The molecular formula is C22H32O3S. The summed E-state index contributed by atoms with van der Waals surface area (Å²) in [5, 5.41) is 11.6. The lowest BCUT2D eigenvalue weighted by Gasteiger charge is -2.38. The molecule has 2 aliphatic rings. The van der Waals surface area contributed by atoms with Crippen molar-refractivity contribution in [1.29, 1.82) is 0 Å². The molecule has 1 saturated carbocycles. The Bertz CT molecular complexity index is 770. The predicted molar refractivity (Wildman–Crippen MR) is 107 cm³/mol. The standard InChI is InChI=1S/C22H32O3S/c1-3-5-15-22(4-2)16-26(24,25)19-14-10-9-13-18(19)20(21(22)23)17-11-7-6-8-12-17/h9-10,13-14,21,23H,3-8,11-12,15-16H2,1-2H3. The molecule has 2 atom stereocenters. The highest BCUT2D eigenvalue weighted by atomic mass is 32.2. The second kappa shape index (κ2) is 7.85. The molecule has 0 saturated heterocycles. The fourth-order valence-corrected chi connectivity index (χ4v) is 7.01. The topological polar surface area (TPSA) is 54.4 Å². The lowest BCUT2D eigenvalue weighted by molar-refractivity contribution is 0.0732. The molecule has 0 amide bonds. The van der Waals surface area contributed by atoms with Crippen molar-refractivity contribution in [2.24, 2.45) is 5.41 Å². The minimum absolute atomic E-state index is 0.0471. The SMILES string of the molecule is CCCCC1(CC)CS(=O)(=O)c2ccccc2C(=C2CCCCC2)C1O. The Morgan fingerprint density at radius 1 is 1.12 bits per heavy atom. The maximum Gasteiger partial charge on any atom is 0.179 e. The average molecular weight is 377 g/mol. The van der Waals surface area contributed by atoms with Gasteiger partial charge in [-0.3, -0.25) is 0 Å². The first kappa shape index (κ1) is 19.6. The summed E-state index contributed by atoms with van der Waals surface area (Å²) in [4.78, 5) is 0.416. The van der Waals surface area contributed by atoms with Gasteiger partial charge in [0.15, 0.2) is 9.84 Å². The third-order valence-electron chi connectivity index (χ3n) is 6.41. The van der Waals surface area contributed by atoms with E-state index in [9.17, 15) is 13.5 Å². The summed E-state index contributed by atoms with van der Waals surface area (Å²) < 4.78 is 26.5. The van der Waals surface area contributed by atoms with Crippen molar-refractivity contribution in [2.75, 3.05) is 5.75 Å². The molecule has 1 heterocycles. The number of aliphatic hydroxyl groups excluding tert-OH is 1. The molecule has 1 fully saturated rings. The number of hydrogen-bond acceptors (Lipinski definition) is 3. The Labute approximate surface area is 158 Å². The van der Waals surface area contributed by atoms with E-state index in [1.165, 1.54) is 12.0 Å². The van der Waals surface area contributed by atoms with E-state index in [1.54, 1.807) is 12.1 Å². The van der Waals surface area contributed by atoms with E-state index in [4.69, 9.17) is 0 Å². The van der Waals surface area contributed by atoms with Crippen LogP contribution in [0.1, 0.15) is 77.2 Å². The van der Waals surface area contributed by atoms with E-state index in [2.05, 4.69) is 6.92 Å². The van der Waals surface area contributed by atoms with E-state index in [-0.39, 0.29) is 5.75 Å². The zero-order chi connectivity index (χ0) is 18.8. The van der Waals surface area contributed by atoms with Crippen LogP contribution in [0.15, 0.2) is 34.7 Å². The van der Waals surface area contributed by atoms with Crippen LogP contribution in [0, 0.1) is 5.41 Å². The zero-order valence-electron chi connectivity index (χ0n) is 16.1. The summed E-state index contributed by atoms with van der Waals surface area (Å²) in [5.41, 5.74) is 2.37. The van der Waals surface area contributed by atoms with Gasteiger partial charge >= 0.3 is 0 Å². The van der Waals surface area contributed by atoms with Gasteiger partial charge in [0.05, 0.1) is 16.8 Å². The summed E-state index contributed by atoms with van der Waals surface area (Å²) in [7, 11) is -3.43. The zero-order valence-corrected chi connectivity index (χ0v) is 16.9. The van der Waals surface area contributed by atoms with Gasteiger partial charge in [0.25, 0.3) is 0 Å². The Morgan fingerprint density at radius 3 is 2.46 bits per heavy atom. The van der Waals surface area contributed by atoms with Crippen molar-refractivity contribution in [3.63, 3.8) is 0 Å². The lowest BCUT2D eigenvalue weighted by Crippen LogP contribution is -2.40. The molecule has 0 spiro atoms. The maximum atomic E-state index is 13.3. The Morgan fingerprint density at radius 2 is 1.81 bits per heavy atom. The van der Waals surface area contributed by atoms with E-state index >= 15 is 0 Å². The van der Waals surface area contributed by atoms with Gasteiger partial charge in [-0.1, -0.05) is 56.9 Å². The van der Waals surface area contributed by atoms with Crippen LogP contribution in [0.2, 0.25) is 0 Å². The molecular weight excluding hydrogens is 344 g/mol. The van der Waals surface area contributed by atoms with E-state index in [0.29, 0.717) is 11.3 Å². The summed E-state index contributed by atoms with van der Waals surface area (Å²) in [5.74, 6) is 0.0471. The molecule has 2 unspecified atom stereocenters. The molecule has 0 aromatic heterocycles. The van der Waals surface area contributed by atoms with Crippen LogP contribution >= 0.6 is 0 Å². The van der Waals surface area contributed by atoms with Crippen LogP contribution in [0.3, 0.4) is 0 Å². The first-order chi connectivity index (χ1) is 12.4. The highest BCUT2D eigenvalue weighted by Crippen LogP contribution is 2.48. The van der Waals surface area contributed by atoms with E-state index < -0.39 is 21.4 Å². The van der Waals surface area contributed by atoms with Crippen molar-refractivity contribution in [1.82, 2.24) is 0 Å². The third kappa shape index (κ3) is 3.50. The van der Waals surface area contributed by atoms with Crippen molar-refractivity contribution in [3.05, 3.63) is 35.4 Å². The van der Waals surface area contributed by atoms with Crippen LogP contribution in [0.4, 0.5) is 0 Å². The quantitative estimate of drug-likeness (QED) is 0.791. The van der Waals surface area contributed by atoms with Gasteiger partial charge in [0.1, 0.15) is 0 Å². The van der Waals surface area contributed by atoms with Gasteiger partial charge in [0, 0.05) is 5.41 Å². The summed E-state index contributed by atoms with van der Waals surface area (Å²) in [6.45, 7) is 4.16. The largest absolute Gasteiger partial charge is 0.388 e. The van der Waals surface area contributed by atoms with Gasteiger partial charge in [-0.15, -0.1) is 0 Å². The molecule has 1 aliphatic heterocycles. The molecule has 3 nitrogen and oxygen atoms in total. The number of rotatable bonds is 4. The van der Waals surface area contributed by atoms with Gasteiger partial charge in [-0.25, -0.2) is 8.42 Å². The van der Waals surface area contributed by atoms with Crippen molar-refractivity contribution in [2.45, 2.75) is 82.6 Å². The molecule has 4 heteroatoms. The number of unbranched alkanes of at least 4 members (excludes halogenated alkanes) is 1. The molecule has 0 bridgehead atoms. The summed E-state index contributed by atoms with van der Waals surface area (Å²) in [6.07, 6.45) is 8.13. The molecule has 0 radical (unpaired) electrons.